The van der Waals surface area contributed by atoms with Crippen LogP contribution in [0.4, 0.5) is 4.39 Å². The Morgan fingerprint density at radius 3 is 2.71 bits per heavy atom. The zero-order chi connectivity index (χ0) is 15.2. The van der Waals surface area contributed by atoms with Crippen LogP contribution in [-0.2, 0) is 6.42 Å². The van der Waals surface area contributed by atoms with Gasteiger partial charge < -0.3 is 5.32 Å². The van der Waals surface area contributed by atoms with E-state index in [2.05, 4.69) is 41.2 Å². The Morgan fingerprint density at radius 2 is 2.10 bits per heavy atom. The Balaban J connectivity index is 2.05. The van der Waals surface area contributed by atoms with Gasteiger partial charge in [-0.15, -0.1) is 0 Å². The predicted molar refractivity (Wildman–Crippen MR) is 91.0 cm³/mol. The summed E-state index contributed by atoms with van der Waals surface area (Å²) in [5.41, 5.74) is 1.09. The fraction of sp³-hybridized carbons (Fsp3) is 0.667. The van der Waals surface area contributed by atoms with Gasteiger partial charge in [0.25, 0.3) is 0 Å². The molecule has 1 nitrogen and oxygen atoms in total. The lowest BCUT2D eigenvalue weighted by Crippen LogP contribution is -2.37. The molecular formula is C18H27BrFN. The zero-order valence-electron chi connectivity index (χ0n) is 13.2. The summed E-state index contributed by atoms with van der Waals surface area (Å²) in [6, 6.07) is 5.74. The van der Waals surface area contributed by atoms with E-state index in [0.29, 0.717) is 6.04 Å². The fourth-order valence-electron chi connectivity index (χ4n) is 3.57. The Morgan fingerprint density at radius 1 is 1.29 bits per heavy atom. The standard InChI is InChI=1S/C18H27BrFN/c1-3-7-21-18(15-6-5-13(4-2)8-15)11-14-9-16(19)12-17(20)10-14/h9-10,12-13,15,18,21H,3-8,11H2,1-2H3. The second-order valence-corrected chi connectivity index (χ2v) is 7.31. The first-order valence-electron chi connectivity index (χ1n) is 8.30. The lowest BCUT2D eigenvalue weighted by atomic mass is 9.90. The first kappa shape index (κ1) is 17.0. The molecule has 1 aromatic rings. The Bertz CT molecular complexity index is 429. The van der Waals surface area contributed by atoms with Crippen LogP contribution < -0.4 is 5.32 Å². The van der Waals surface area contributed by atoms with E-state index in [0.717, 1.165) is 41.3 Å². The van der Waals surface area contributed by atoms with Gasteiger partial charge in [0, 0.05) is 10.5 Å². The van der Waals surface area contributed by atoms with Crippen molar-refractivity contribution in [3.63, 3.8) is 0 Å². The summed E-state index contributed by atoms with van der Waals surface area (Å²) in [7, 11) is 0. The number of hydrogen-bond donors (Lipinski definition) is 1. The van der Waals surface area contributed by atoms with Crippen molar-refractivity contribution >= 4 is 15.9 Å². The largest absolute Gasteiger partial charge is 0.313 e. The monoisotopic (exact) mass is 355 g/mol. The molecule has 3 unspecified atom stereocenters. The summed E-state index contributed by atoms with van der Waals surface area (Å²) in [6.07, 6.45) is 7.37. The second kappa shape index (κ2) is 8.28. The SMILES string of the molecule is CCCNC(Cc1cc(F)cc(Br)c1)C1CCC(CC)C1. The molecule has 0 amide bonds. The molecule has 2 rings (SSSR count). The van der Waals surface area contributed by atoms with Crippen molar-refractivity contribution in [3.8, 4) is 0 Å². The Kier molecular flexibility index (Phi) is 6.69. The van der Waals surface area contributed by atoms with Crippen LogP contribution in [0.1, 0.15) is 51.5 Å². The quantitative estimate of drug-likeness (QED) is 0.697. The summed E-state index contributed by atoms with van der Waals surface area (Å²) in [4.78, 5) is 0. The maximum Gasteiger partial charge on any atom is 0.124 e. The van der Waals surface area contributed by atoms with Crippen LogP contribution >= 0.6 is 15.9 Å². The van der Waals surface area contributed by atoms with Crippen LogP contribution in [0, 0.1) is 17.7 Å². The summed E-state index contributed by atoms with van der Waals surface area (Å²) >= 11 is 3.40. The molecule has 1 N–H and O–H groups in total. The molecule has 0 aromatic heterocycles. The summed E-state index contributed by atoms with van der Waals surface area (Å²) in [6.45, 7) is 5.55. The molecule has 21 heavy (non-hydrogen) atoms. The summed E-state index contributed by atoms with van der Waals surface area (Å²) in [5.74, 6) is 1.48. The third-order valence-electron chi connectivity index (χ3n) is 4.76. The highest BCUT2D eigenvalue weighted by molar-refractivity contribution is 9.10. The van der Waals surface area contributed by atoms with Gasteiger partial charge in [0.2, 0.25) is 0 Å². The predicted octanol–water partition coefficient (Wildman–Crippen LogP) is 5.33. The minimum Gasteiger partial charge on any atom is -0.313 e. The maximum atomic E-state index is 13.6. The molecule has 0 saturated heterocycles. The molecule has 0 radical (unpaired) electrons. The highest BCUT2D eigenvalue weighted by Crippen LogP contribution is 2.36. The smallest absolute Gasteiger partial charge is 0.124 e. The van der Waals surface area contributed by atoms with Crippen LogP contribution in [0.25, 0.3) is 0 Å². The van der Waals surface area contributed by atoms with Gasteiger partial charge in [-0.2, -0.15) is 0 Å². The Hall–Kier alpha value is -0.410. The topological polar surface area (TPSA) is 12.0 Å². The van der Waals surface area contributed by atoms with Gasteiger partial charge in [0.15, 0.2) is 0 Å². The lowest BCUT2D eigenvalue weighted by Gasteiger charge is -2.25. The summed E-state index contributed by atoms with van der Waals surface area (Å²) < 4.78 is 14.4. The first-order chi connectivity index (χ1) is 10.1. The molecule has 1 fully saturated rings. The first-order valence-corrected chi connectivity index (χ1v) is 9.10. The zero-order valence-corrected chi connectivity index (χ0v) is 14.8. The van der Waals surface area contributed by atoms with Gasteiger partial charge in [0.1, 0.15) is 5.82 Å². The van der Waals surface area contributed by atoms with E-state index < -0.39 is 0 Å². The third kappa shape index (κ3) is 5.07. The van der Waals surface area contributed by atoms with E-state index in [4.69, 9.17) is 0 Å². The molecule has 3 heteroatoms. The van der Waals surface area contributed by atoms with E-state index >= 15 is 0 Å². The van der Waals surface area contributed by atoms with Crippen LogP contribution in [0.3, 0.4) is 0 Å². The number of rotatable bonds is 7. The number of halogens is 2. The van der Waals surface area contributed by atoms with Gasteiger partial charge in [-0.3, -0.25) is 0 Å². The normalized spacial score (nSPS) is 23.4. The van der Waals surface area contributed by atoms with Crippen LogP contribution in [0.5, 0.6) is 0 Å². The lowest BCUT2D eigenvalue weighted by molar-refractivity contribution is 0.343. The van der Waals surface area contributed by atoms with Gasteiger partial charge in [-0.05, 0) is 67.8 Å². The second-order valence-electron chi connectivity index (χ2n) is 6.39. The van der Waals surface area contributed by atoms with Crippen molar-refractivity contribution in [3.05, 3.63) is 34.1 Å². The van der Waals surface area contributed by atoms with Crippen molar-refractivity contribution in [2.75, 3.05) is 6.54 Å². The number of benzene rings is 1. The fourth-order valence-corrected chi connectivity index (χ4v) is 4.08. The molecule has 118 valence electrons. The Labute approximate surface area is 136 Å². The van der Waals surface area contributed by atoms with Gasteiger partial charge >= 0.3 is 0 Å². The van der Waals surface area contributed by atoms with E-state index in [1.165, 1.54) is 31.7 Å². The highest BCUT2D eigenvalue weighted by Gasteiger charge is 2.29. The molecule has 1 aliphatic rings. The van der Waals surface area contributed by atoms with Crippen LogP contribution in [0.2, 0.25) is 0 Å². The number of hydrogen-bond acceptors (Lipinski definition) is 1. The van der Waals surface area contributed by atoms with Crippen LogP contribution in [0.15, 0.2) is 22.7 Å². The van der Waals surface area contributed by atoms with Gasteiger partial charge in [-0.1, -0.05) is 42.6 Å². The molecule has 1 aromatic carbocycles. The molecule has 1 saturated carbocycles. The minimum absolute atomic E-state index is 0.147. The summed E-state index contributed by atoms with van der Waals surface area (Å²) in [5, 5.41) is 3.71. The van der Waals surface area contributed by atoms with E-state index in [1.807, 2.05) is 0 Å². The number of nitrogens with one attached hydrogen (secondary N) is 1. The average Bonchev–Trinajstić information content (AvgIpc) is 2.91. The van der Waals surface area contributed by atoms with Crippen molar-refractivity contribution in [2.45, 2.75) is 58.4 Å². The van der Waals surface area contributed by atoms with Gasteiger partial charge in [-0.25, -0.2) is 4.39 Å². The van der Waals surface area contributed by atoms with Crippen molar-refractivity contribution < 1.29 is 4.39 Å². The highest BCUT2D eigenvalue weighted by atomic mass is 79.9. The average molecular weight is 356 g/mol. The molecule has 3 atom stereocenters. The molecule has 0 aliphatic heterocycles. The maximum absolute atomic E-state index is 13.6. The van der Waals surface area contributed by atoms with E-state index in [1.54, 1.807) is 6.07 Å². The van der Waals surface area contributed by atoms with Gasteiger partial charge in [0.05, 0.1) is 0 Å². The van der Waals surface area contributed by atoms with Crippen molar-refractivity contribution in [1.82, 2.24) is 5.32 Å². The molecule has 0 spiro atoms. The van der Waals surface area contributed by atoms with Crippen molar-refractivity contribution in [2.24, 2.45) is 11.8 Å². The molecular weight excluding hydrogens is 329 g/mol. The van der Waals surface area contributed by atoms with Crippen molar-refractivity contribution in [1.29, 1.82) is 0 Å². The third-order valence-corrected chi connectivity index (χ3v) is 5.22. The van der Waals surface area contributed by atoms with E-state index in [-0.39, 0.29) is 5.82 Å². The molecule has 0 bridgehead atoms. The minimum atomic E-state index is -0.147. The molecule has 1 aliphatic carbocycles. The van der Waals surface area contributed by atoms with Crippen LogP contribution in [-0.4, -0.2) is 12.6 Å². The van der Waals surface area contributed by atoms with E-state index in [9.17, 15) is 4.39 Å². The molecule has 0 heterocycles.